The van der Waals surface area contributed by atoms with Gasteiger partial charge in [-0.2, -0.15) is 0 Å². The Kier molecular flexibility index (Phi) is 7.52. The van der Waals surface area contributed by atoms with Crippen molar-refractivity contribution in [1.29, 1.82) is 0 Å². The molecule has 0 aliphatic carbocycles. The molecule has 7 N–H and O–H groups in total. The van der Waals surface area contributed by atoms with Gasteiger partial charge in [0, 0.05) is 26.3 Å². The lowest BCUT2D eigenvalue weighted by atomic mass is 10.5. The Balaban J connectivity index is 1.64. The van der Waals surface area contributed by atoms with Gasteiger partial charge in [0.05, 0.1) is 13.2 Å². The molecule has 0 aromatic carbocycles. The van der Waals surface area contributed by atoms with E-state index in [1.807, 2.05) is 0 Å². The Morgan fingerprint density at radius 2 is 1.26 bits per heavy atom. The topological polar surface area (TPSA) is 256 Å². The molecule has 34 heavy (non-hydrogen) atoms. The van der Waals surface area contributed by atoms with E-state index in [9.17, 15) is 33.6 Å². The third-order valence-corrected chi connectivity index (χ3v) is 25.8. The van der Waals surface area contributed by atoms with E-state index in [-0.39, 0.29) is 25.2 Å². The Bertz CT molecular complexity index is 683. The Morgan fingerprint density at radius 3 is 1.76 bits per heavy atom. The van der Waals surface area contributed by atoms with Gasteiger partial charge in [-0.25, -0.2) is 0 Å². The lowest BCUT2D eigenvalue weighted by Gasteiger charge is -2.52. The van der Waals surface area contributed by atoms with E-state index in [0.717, 1.165) is 13.7 Å². The normalized spacial score (nSPS) is 42.1. The fraction of sp³-hybridized carbons (Fsp3) is 1.00. The van der Waals surface area contributed by atoms with E-state index in [0.29, 0.717) is 13.2 Å². The molecule has 4 aliphatic rings. The monoisotopic (exact) mass is 620 g/mol. The van der Waals surface area contributed by atoms with Crippen molar-refractivity contribution in [3.05, 3.63) is 0 Å². The van der Waals surface area contributed by atoms with Gasteiger partial charge in [0.1, 0.15) is 6.10 Å². The van der Waals surface area contributed by atoms with Gasteiger partial charge in [-0.05, 0) is 6.42 Å². The van der Waals surface area contributed by atoms with E-state index in [2.05, 4.69) is 4.12 Å². The summed E-state index contributed by atoms with van der Waals surface area (Å²) in [4.78, 5) is 70.7. The summed E-state index contributed by atoms with van der Waals surface area (Å²) in [5.74, 6) is 0. The van der Waals surface area contributed by atoms with Crippen LogP contribution in [-0.2, 0) is 50.9 Å². The summed E-state index contributed by atoms with van der Waals surface area (Å²) < 4.78 is 62.2. The van der Waals surface area contributed by atoms with Crippen molar-refractivity contribution in [2.75, 3.05) is 26.9 Å². The Hall–Kier alpha value is 0.758. The van der Waals surface area contributed by atoms with Crippen molar-refractivity contribution < 1.29 is 84.5 Å². The van der Waals surface area contributed by atoms with E-state index >= 15 is 0 Å². The summed E-state index contributed by atoms with van der Waals surface area (Å²) in [6.07, 6.45) is 0.229. The smallest absolute Gasteiger partial charge is 0.391 e. The van der Waals surface area contributed by atoms with Crippen LogP contribution in [0.4, 0.5) is 0 Å². The molecule has 0 radical (unpaired) electrons. The van der Waals surface area contributed by atoms with E-state index in [1.165, 1.54) is 0 Å². The molecule has 0 bridgehead atoms. The van der Waals surface area contributed by atoms with Crippen molar-refractivity contribution in [2.45, 2.75) is 25.1 Å². The second-order valence-electron chi connectivity index (χ2n) is 7.48. The lowest BCUT2D eigenvalue weighted by molar-refractivity contribution is -0.0953. The SMILES string of the molecule is CO[Si]1(CCCOCC2CO2)O[Si]2(O[Si](C)(O)O[Si](O)(O)O2)O[Si]2(O[Si](O)(O)O[Si](O)(O)O2)O1. The minimum absolute atomic E-state index is 0.0161. The predicted molar refractivity (Wildman–Crippen MR) is 108 cm³/mol. The highest BCUT2D eigenvalue weighted by molar-refractivity contribution is 6.95. The molecule has 4 fully saturated rings. The molecule has 0 aromatic rings. The van der Waals surface area contributed by atoms with E-state index in [1.54, 1.807) is 0 Å². The highest BCUT2D eigenvalue weighted by atomic mass is 28.6. The van der Waals surface area contributed by atoms with Gasteiger partial charge >= 0.3 is 62.8 Å². The van der Waals surface area contributed by atoms with Crippen molar-refractivity contribution in [3.8, 4) is 0 Å². The minimum Gasteiger partial charge on any atom is -0.391 e. The second kappa shape index (κ2) is 9.20. The van der Waals surface area contributed by atoms with Gasteiger partial charge in [-0.3, -0.25) is 0 Å². The average molecular weight is 621 g/mol. The summed E-state index contributed by atoms with van der Waals surface area (Å²) in [5, 5.41) is 0. The molecule has 0 saturated carbocycles. The summed E-state index contributed by atoms with van der Waals surface area (Å²) in [5.41, 5.74) is 0. The van der Waals surface area contributed by atoms with Gasteiger partial charge in [-0.1, -0.05) is 0 Å². The van der Waals surface area contributed by atoms with Crippen LogP contribution in [0.5, 0.6) is 0 Å². The van der Waals surface area contributed by atoms with Crippen molar-refractivity contribution >= 4 is 62.8 Å². The minimum atomic E-state index is -5.33. The predicted octanol–water partition coefficient (Wildman–Crippen LogP) is -5.74. The maximum atomic E-state index is 10.4. The maximum Gasteiger partial charge on any atom is 0.662 e. The third-order valence-electron chi connectivity index (χ3n) is 4.28. The van der Waals surface area contributed by atoms with Crippen LogP contribution >= 0.6 is 0 Å². The molecule has 4 rings (SSSR count). The van der Waals surface area contributed by atoms with Gasteiger partial charge in [0.2, 0.25) is 0 Å². The first-order valence-corrected chi connectivity index (χ1v) is 22.2. The zero-order chi connectivity index (χ0) is 25.1. The molecule has 0 amide bonds. The molecule has 4 aliphatic heterocycles. The first kappa shape index (κ1) is 27.8. The van der Waals surface area contributed by atoms with Crippen LogP contribution in [0.3, 0.4) is 0 Å². The quantitative estimate of drug-likeness (QED) is 0.0794. The summed E-state index contributed by atoms with van der Waals surface area (Å²) in [7, 11) is -33.4. The van der Waals surface area contributed by atoms with Crippen LogP contribution in [0.25, 0.3) is 0 Å². The molecule has 4 saturated heterocycles. The fourth-order valence-corrected chi connectivity index (χ4v) is 28.0. The van der Waals surface area contributed by atoms with Gasteiger partial charge in [-0.15, -0.1) is 0 Å². The third kappa shape index (κ3) is 6.79. The first-order valence-electron chi connectivity index (χ1n) is 9.62. The molecule has 0 aromatic heterocycles. The van der Waals surface area contributed by atoms with Gasteiger partial charge in [0.25, 0.3) is 0 Å². The number of hydrogen-bond donors (Lipinski definition) is 7. The molecule has 4 heterocycles. The molecule has 2 spiro atoms. The fourth-order valence-electron chi connectivity index (χ4n) is 3.09. The lowest BCUT2D eigenvalue weighted by Crippen LogP contribution is -2.85. The molecule has 198 valence electrons. The van der Waals surface area contributed by atoms with E-state index in [4.69, 9.17) is 46.8 Å². The zero-order valence-electron chi connectivity index (χ0n) is 17.6. The van der Waals surface area contributed by atoms with Crippen LogP contribution in [0.15, 0.2) is 0 Å². The summed E-state index contributed by atoms with van der Waals surface area (Å²) >= 11 is 0. The number of hydrogen-bond acceptors (Lipinski definition) is 19. The molecule has 19 nitrogen and oxygen atoms in total. The second-order valence-corrected chi connectivity index (χ2v) is 24.2. The zero-order valence-corrected chi connectivity index (χ0v) is 24.6. The summed E-state index contributed by atoms with van der Waals surface area (Å²) in [6.45, 7) is 2.11. The van der Waals surface area contributed by atoms with Crippen molar-refractivity contribution in [3.63, 3.8) is 0 Å². The Morgan fingerprint density at radius 1 is 0.735 bits per heavy atom. The van der Waals surface area contributed by atoms with Gasteiger partial charge in [0.15, 0.2) is 0 Å². The maximum absolute atomic E-state index is 10.4. The first-order chi connectivity index (χ1) is 15.5. The molecule has 26 heteroatoms. The standard InChI is InChI=1S/C8H24O19Si7/c1-16-29(5-3-4-17-6-8-7-18-8)21-33(20-28(2,9)19-30(10,11)24-33)27-34(22-29)25-31(12,13)23-32(14,15)26-34/h8-15H,3-7H2,1-2H3. The molecule has 4 unspecified atom stereocenters. The van der Waals surface area contributed by atoms with Crippen LogP contribution in [-0.4, -0.2) is 129 Å². The van der Waals surface area contributed by atoms with Crippen LogP contribution < -0.4 is 0 Å². The van der Waals surface area contributed by atoms with Crippen molar-refractivity contribution in [2.24, 2.45) is 0 Å². The average Bonchev–Trinajstić information content (AvgIpc) is 3.38. The Labute approximate surface area is 199 Å². The molecular weight excluding hydrogens is 597 g/mol. The molecule has 4 atom stereocenters. The highest BCUT2D eigenvalue weighted by Crippen LogP contribution is 2.43. The highest BCUT2D eigenvalue weighted by Gasteiger charge is 2.83. The molecular formula is C8H24O19Si7. The van der Waals surface area contributed by atoms with Crippen molar-refractivity contribution in [1.82, 2.24) is 0 Å². The van der Waals surface area contributed by atoms with Crippen LogP contribution in [0.1, 0.15) is 6.42 Å². The number of rotatable bonds is 7. The number of epoxide rings is 1. The van der Waals surface area contributed by atoms with Crippen LogP contribution in [0, 0.1) is 0 Å². The number of ether oxygens (including phenoxy) is 2. The largest absolute Gasteiger partial charge is 0.662 e. The van der Waals surface area contributed by atoms with Gasteiger partial charge < -0.3 is 84.5 Å². The van der Waals surface area contributed by atoms with E-state index < -0.39 is 62.8 Å². The van der Waals surface area contributed by atoms with Crippen LogP contribution in [0.2, 0.25) is 12.6 Å². The summed E-state index contributed by atoms with van der Waals surface area (Å²) in [6, 6.07) is -0.102.